The second kappa shape index (κ2) is 10.9. The van der Waals surface area contributed by atoms with E-state index in [0.29, 0.717) is 18.1 Å². The van der Waals surface area contributed by atoms with E-state index in [9.17, 15) is 9.90 Å². The van der Waals surface area contributed by atoms with Crippen molar-refractivity contribution in [3.63, 3.8) is 0 Å². The molecule has 0 aromatic carbocycles. The molecule has 1 aromatic rings. The van der Waals surface area contributed by atoms with Crippen LogP contribution in [0.15, 0.2) is 10.7 Å². The van der Waals surface area contributed by atoms with Gasteiger partial charge in [-0.15, -0.1) is 0 Å². The molecule has 0 spiro atoms. The van der Waals surface area contributed by atoms with Gasteiger partial charge in [0.05, 0.1) is 12.6 Å². The Morgan fingerprint density at radius 2 is 1.96 bits per heavy atom. The summed E-state index contributed by atoms with van der Waals surface area (Å²) < 4.78 is 5.55. The lowest BCUT2D eigenvalue weighted by molar-refractivity contribution is 0.0627. The molecule has 3 rings (SSSR count). The largest absolute Gasteiger partial charge is 0.447 e. The highest BCUT2D eigenvalue weighted by molar-refractivity contribution is 5.92. The lowest BCUT2D eigenvalue weighted by atomic mass is 9.95. The number of hydrogen-bond donors (Lipinski definition) is 2. The van der Waals surface area contributed by atoms with E-state index >= 15 is 0 Å². The minimum atomic E-state index is -0.219. The Bertz CT molecular complexity index is 592. The number of carbonyl (C=O) groups excluding carboxylic acids is 1. The molecule has 2 N–H and O–H groups in total. The maximum atomic E-state index is 12.4. The summed E-state index contributed by atoms with van der Waals surface area (Å²) in [6.45, 7) is 7.28. The van der Waals surface area contributed by atoms with Gasteiger partial charge in [0.2, 0.25) is 5.89 Å². The van der Waals surface area contributed by atoms with Crippen LogP contribution >= 0.6 is 0 Å². The molecule has 1 aliphatic carbocycles. The normalized spacial score (nSPS) is 20.9. The first-order valence-electron chi connectivity index (χ1n) is 11.0. The van der Waals surface area contributed by atoms with Crippen LogP contribution in [0.2, 0.25) is 0 Å². The molecule has 28 heavy (non-hydrogen) atoms. The number of hydrogen-bond acceptors (Lipinski definition) is 6. The number of piperazine rings is 1. The number of rotatable bonds is 9. The summed E-state index contributed by atoms with van der Waals surface area (Å²) >= 11 is 0. The fourth-order valence-electron chi connectivity index (χ4n) is 4.14. The monoisotopic (exact) mass is 392 g/mol. The van der Waals surface area contributed by atoms with Crippen LogP contribution in [0.1, 0.15) is 74.7 Å². The second-order valence-corrected chi connectivity index (χ2v) is 8.31. The molecular formula is C21H36N4O3. The van der Waals surface area contributed by atoms with Crippen molar-refractivity contribution in [1.82, 2.24) is 20.1 Å². The average Bonchev–Trinajstić information content (AvgIpc) is 3.17. The summed E-state index contributed by atoms with van der Waals surface area (Å²) in [5, 5.41) is 13.2. The lowest BCUT2D eigenvalue weighted by Crippen LogP contribution is -2.48. The van der Waals surface area contributed by atoms with Crippen molar-refractivity contribution >= 4 is 5.91 Å². The van der Waals surface area contributed by atoms with Crippen molar-refractivity contribution in [3.05, 3.63) is 17.8 Å². The molecule has 2 heterocycles. The minimum absolute atomic E-state index is 0.118. The topological polar surface area (TPSA) is 81.8 Å². The standard InChI is InChI=1S/C21H36N4O3/c1-2-3-9-18(26)14-24-10-12-25(13-11-24)15-20-23-19(16-28-20)21(27)22-17-7-5-4-6-8-17/h16-18,26H,2-15H2,1H3,(H,22,27)/t18-/m1/s1. The summed E-state index contributed by atoms with van der Waals surface area (Å²) in [6.07, 6.45) is 10.1. The molecular weight excluding hydrogens is 356 g/mol. The van der Waals surface area contributed by atoms with Crippen molar-refractivity contribution < 1.29 is 14.3 Å². The molecule has 2 aliphatic rings. The molecule has 1 saturated heterocycles. The molecule has 1 saturated carbocycles. The molecule has 7 heteroatoms. The van der Waals surface area contributed by atoms with Crippen molar-refractivity contribution in [3.8, 4) is 0 Å². The molecule has 1 aliphatic heterocycles. The Morgan fingerprint density at radius 1 is 1.25 bits per heavy atom. The zero-order valence-corrected chi connectivity index (χ0v) is 17.2. The van der Waals surface area contributed by atoms with Gasteiger partial charge in [0.25, 0.3) is 5.91 Å². The number of nitrogens with one attached hydrogen (secondary N) is 1. The summed E-state index contributed by atoms with van der Waals surface area (Å²) in [4.78, 5) is 21.4. The summed E-state index contributed by atoms with van der Waals surface area (Å²) in [5.74, 6) is 0.484. The molecule has 0 bridgehead atoms. The Kier molecular flexibility index (Phi) is 8.30. The average molecular weight is 393 g/mol. The number of aromatic nitrogens is 1. The highest BCUT2D eigenvalue weighted by Gasteiger charge is 2.22. The number of amides is 1. The van der Waals surface area contributed by atoms with Gasteiger partial charge < -0.3 is 14.8 Å². The van der Waals surface area contributed by atoms with E-state index in [1.54, 1.807) is 0 Å². The Balaban J connectivity index is 1.39. The number of nitrogens with zero attached hydrogens (tertiary/aromatic N) is 3. The first-order chi connectivity index (χ1) is 13.6. The predicted octanol–water partition coefficient (Wildman–Crippen LogP) is 2.41. The van der Waals surface area contributed by atoms with E-state index < -0.39 is 0 Å². The van der Waals surface area contributed by atoms with Gasteiger partial charge >= 0.3 is 0 Å². The quantitative estimate of drug-likeness (QED) is 0.672. The number of oxazole rings is 1. The Labute approximate surface area is 168 Å². The number of carbonyl (C=O) groups is 1. The molecule has 1 amide bonds. The molecule has 158 valence electrons. The number of aliphatic hydroxyl groups excluding tert-OH is 1. The maximum Gasteiger partial charge on any atom is 0.273 e. The van der Waals surface area contributed by atoms with Gasteiger partial charge in [-0.2, -0.15) is 0 Å². The molecule has 1 aromatic heterocycles. The summed E-state index contributed by atoms with van der Waals surface area (Å²) in [6, 6.07) is 0.280. The van der Waals surface area contributed by atoms with E-state index in [1.165, 1.54) is 25.5 Å². The van der Waals surface area contributed by atoms with Crippen LogP contribution in [0.4, 0.5) is 0 Å². The molecule has 0 unspecified atom stereocenters. The number of aliphatic hydroxyl groups is 1. The Hall–Kier alpha value is -1.44. The van der Waals surface area contributed by atoms with Gasteiger partial charge in [-0.05, 0) is 19.3 Å². The third-order valence-corrected chi connectivity index (χ3v) is 5.91. The van der Waals surface area contributed by atoms with Crippen LogP contribution in [0.5, 0.6) is 0 Å². The van der Waals surface area contributed by atoms with E-state index in [-0.39, 0.29) is 18.1 Å². The number of β-amino-alcohol motifs (C(OH)–C–C–N with tert-alkyl or cyclic N) is 1. The smallest absolute Gasteiger partial charge is 0.273 e. The van der Waals surface area contributed by atoms with Gasteiger partial charge in [-0.1, -0.05) is 39.0 Å². The lowest BCUT2D eigenvalue weighted by Gasteiger charge is -2.35. The zero-order valence-electron chi connectivity index (χ0n) is 17.2. The van der Waals surface area contributed by atoms with Crippen molar-refractivity contribution in [1.29, 1.82) is 0 Å². The molecule has 1 atom stereocenters. The first-order valence-corrected chi connectivity index (χ1v) is 11.0. The fraction of sp³-hybridized carbons (Fsp3) is 0.810. The van der Waals surface area contributed by atoms with Crippen LogP contribution < -0.4 is 5.32 Å². The minimum Gasteiger partial charge on any atom is -0.447 e. The molecule has 0 radical (unpaired) electrons. The van der Waals surface area contributed by atoms with Gasteiger partial charge in [-0.3, -0.25) is 14.6 Å². The van der Waals surface area contributed by atoms with Crippen molar-refractivity contribution in [2.45, 2.75) is 77.0 Å². The summed E-state index contributed by atoms with van der Waals surface area (Å²) in [5.41, 5.74) is 0.387. The van der Waals surface area contributed by atoms with Crippen LogP contribution in [0.3, 0.4) is 0 Å². The van der Waals surface area contributed by atoms with Crippen LogP contribution in [0.25, 0.3) is 0 Å². The van der Waals surface area contributed by atoms with Crippen molar-refractivity contribution in [2.24, 2.45) is 0 Å². The van der Waals surface area contributed by atoms with Crippen LogP contribution in [-0.2, 0) is 6.54 Å². The van der Waals surface area contributed by atoms with E-state index in [0.717, 1.165) is 64.8 Å². The van der Waals surface area contributed by atoms with Crippen LogP contribution in [-0.4, -0.2) is 70.7 Å². The second-order valence-electron chi connectivity index (χ2n) is 8.31. The van der Waals surface area contributed by atoms with Gasteiger partial charge in [0.15, 0.2) is 5.69 Å². The fourth-order valence-corrected chi connectivity index (χ4v) is 4.14. The zero-order chi connectivity index (χ0) is 19.8. The van der Waals surface area contributed by atoms with Gasteiger partial charge in [-0.25, -0.2) is 4.98 Å². The predicted molar refractivity (Wildman–Crippen MR) is 108 cm³/mol. The van der Waals surface area contributed by atoms with Crippen LogP contribution in [0, 0.1) is 0 Å². The first kappa shape index (κ1) is 21.3. The highest BCUT2D eigenvalue weighted by atomic mass is 16.3. The van der Waals surface area contributed by atoms with E-state index in [4.69, 9.17) is 4.42 Å². The summed E-state index contributed by atoms with van der Waals surface area (Å²) in [7, 11) is 0. The van der Waals surface area contributed by atoms with Gasteiger partial charge in [0.1, 0.15) is 6.26 Å². The van der Waals surface area contributed by atoms with Gasteiger partial charge in [0, 0.05) is 38.8 Å². The van der Waals surface area contributed by atoms with Crippen molar-refractivity contribution in [2.75, 3.05) is 32.7 Å². The third-order valence-electron chi connectivity index (χ3n) is 5.91. The van der Waals surface area contributed by atoms with E-state index in [2.05, 4.69) is 27.0 Å². The highest BCUT2D eigenvalue weighted by Crippen LogP contribution is 2.18. The molecule has 2 fully saturated rings. The Morgan fingerprint density at radius 3 is 2.68 bits per heavy atom. The SMILES string of the molecule is CCCC[C@@H](O)CN1CCN(Cc2nc(C(=O)NC3CCCCC3)co2)CC1. The third kappa shape index (κ3) is 6.57. The molecule has 7 nitrogen and oxygen atoms in total. The maximum absolute atomic E-state index is 12.4. The number of unbranched alkanes of at least 4 members (excludes halogenated alkanes) is 1. The van der Waals surface area contributed by atoms with E-state index in [1.807, 2.05) is 0 Å².